The number of benzene rings is 2. The minimum absolute atomic E-state index is 0.938. The molecule has 0 radical (unpaired) electrons. The number of hydrogen-bond donors (Lipinski definition) is 4. The highest BCUT2D eigenvalue weighted by Crippen LogP contribution is 1.97. The van der Waals surface area contributed by atoms with Gasteiger partial charge in [-0.05, 0) is 11.1 Å². The lowest BCUT2D eigenvalue weighted by atomic mass is 10.2. The molecule has 6 N–H and O–H groups in total. The molecule has 4 heteroatoms. The standard InChI is InChI=1S/C16H20N2.H4N2/c1-3-7-15(8-4-1)13-17-11-12-18-14-16-9-5-2-6-10-16;1-2/h1-10,17-18H,11-14H2;1-2H2. The van der Waals surface area contributed by atoms with Crippen LogP contribution in [-0.4, -0.2) is 13.1 Å². The van der Waals surface area contributed by atoms with Gasteiger partial charge in [-0.3, -0.25) is 11.7 Å². The summed E-state index contributed by atoms with van der Waals surface area (Å²) in [6.07, 6.45) is 0. The second-order valence-corrected chi connectivity index (χ2v) is 4.32. The molecule has 0 aliphatic carbocycles. The van der Waals surface area contributed by atoms with E-state index in [0.29, 0.717) is 0 Å². The molecule has 0 bridgehead atoms. The molecule has 0 aliphatic heterocycles. The van der Waals surface area contributed by atoms with Gasteiger partial charge < -0.3 is 10.6 Å². The molecule has 20 heavy (non-hydrogen) atoms. The van der Waals surface area contributed by atoms with E-state index in [1.807, 2.05) is 12.1 Å². The van der Waals surface area contributed by atoms with Gasteiger partial charge in [0, 0.05) is 26.2 Å². The summed E-state index contributed by atoms with van der Waals surface area (Å²) in [4.78, 5) is 0. The van der Waals surface area contributed by atoms with E-state index in [2.05, 4.69) is 70.8 Å². The third kappa shape index (κ3) is 7.01. The van der Waals surface area contributed by atoms with E-state index in [4.69, 9.17) is 0 Å². The van der Waals surface area contributed by atoms with Crippen LogP contribution in [0.3, 0.4) is 0 Å². The first-order valence-corrected chi connectivity index (χ1v) is 6.78. The summed E-state index contributed by atoms with van der Waals surface area (Å²) in [6, 6.07) is 21.0. The molecule has 2 rings (SSSR count). The minimum Gasteiger partial charge on any atom is -0.311 e. The molecule has 108 valence electrons. The van der Waals surface area contributed by atoms with Crippen LogP contribution in [0.25, 0.3) is 0 Å². The highest BCUT2D eigenvalue weighted by Gasteiger charge is 1.92. The van der Waals surface area contributed by atoms with Gasteiger partial charge in [0.2, 0.25) is 0 Å². The summed E-state index contributed by atoms with van der Waals surface area (Å²) in [7, 11) is 0. The molecule has 0 fully saturated rings. The normalized spacial score (nSPS) is 9.70. The molecular formula is C16H24N4. The van der Waals surface area contributed by atoms with Crippen molar-refractivity contribution >= 4 is 0 Å². The first-order valence-electron chi connectivity index (χ1n) is 6.78. The maximum absolute atomic E-state index is 4.00. The zero-order valence-electron chi connectivity index (χ0n) is 11.8. The van der Waals surface area contributed by atoms with E-state index in [-0.39, 0.29) is 0 Å². The highest BCUT2D eigenvalue weighted by molar-refractivity contribution is 5.15. The quantitative estimate of drug-likeness (QED) is 0.349. The Kier molecular flexibility index (Phi) is 9.09. The van der Waals surface area contributed by atoms with Crippen molar-refractivity contribution in [2.75, 3.05) is 13.1 Å². The maximum Gasteiger partial charge on any atom is 0.0206 e. The van der Waals surface area contributed by atoms with Crippen LogP contribution >= 0.6 is 0 Å². The van der Waals surface area contributed by atoms with Gasteiger partial charge in [-0.1, -0.05) is 60.7 Å². The third-order valence-electron chi connectivity index (χ3n) is 2.82. The van der Waals surface area contributed by atoms with E-state index in [1.54, 1.807) is 0 Å². The highest BCUT2D eigenvalue weighted by atomic mass is 15.0. The van der Waals surface area contributed by atoms with Crippen molar-refractivity contribution in [3.8, 4) is 0 Å². The van der Waals surface area contributed by atoms with E-state index in [0.717, 1.165) is 26.2 Å². The lowest BCUT2D eigenvalue weighted by Gasteiger charge is -2.06. The second-order valence-electron chi connectivity index (χ2n) is 4.32. The fourth-order valence-electron chi connectivity index (χ4n) is 1.83. The predicted molar refractivity (Wildman–Crippen MR) is 84.7 cm³/mol. The van der Waals surface area contributed by atoms with Crippen molar-refractivity contribution in [3.63, 3.8) is 0 Å². The Balaban J connectivity index is 0.000000956. The zero-order valence-corrected chi connectivity index (χ0v) is 11.8. The summed E-state index contributed by atoms with van der Waals surface area (Å²) >= 11 is 0. The Morgan fingerprint density at radius 3 is 1.30 bits per heavy atom. The van der Waals surface area contributed by atoms with Gasteiger partial charge in [0.25, 0.3) is 0 Å². The molecule has 2 aromatic rings. The van der Waals surface area contributed by atoms with E-state index in [1.165, 1.54) is 11.1 Å². The van der Waals surface area contributed by atoms with Crippen LogP contribution in [0.2, 0.25) is 0 Å². The topological polar surface area (TPSA) is 76.1 Å². The molecule has 4 nitrogen and oxygen atoms in total. The molecule has 2 aromatic carbocycles. The van der Waals surface area contributed by atoms with Gasteiger partial charge in [-0.2, -0.15) is 0 Å². The molecule has 0 atom stereocenters. The Bertz CT molecular complexity index is 387. The summed E-state index contributed by atoms with van der Waals surface area (Å²) in [6.45, 7) is 3.85. The van der Waals surface area contributed by atoms with Crippen molar-refractivity contribution in [1.29, 1.82) is 0 Å². The number of hydrazine groups is 1. The molecule has 0 heterocycles. The lowest BCUT2D eigenvalue weighted by molar-refractivity contribution is 0.611. The first-order chi connectivity index (χ1) is 9.95. The summed E-state index contributed by atoms with van der Waals surface area (Å²) in [5.41, 5.74) is 2.67. The fourth-order valence-corrected chi connectivity index (χ4v) is 1.83. The van der Waals surface area contributed by atoms with E-state index >= 15 is 0 Å². The van der Waals surface area contributed by atoms with Crippen LogP contribution in [0.4, 0.5) is 0 Å². The van der Waals surface area contributed by atoms with Crippen LogP contribution in [-0.2, 0) is 13.1 Å². The number of rotatable bonds is 7. The SMILES string of the molecule is NN.c1ccc(CNCCNCc2ccccc2)cc1. The van der Waals surface area contributed by atoms with Gasteiger partial charge >= 0.3 is 0 Å². The van der Waals surface area contributed by atoms with Crippen molar-refractivity contribution in [3.05, 3.63) is 71.8 Å². The monoisotopic (exact) mass is 272 g/mol. The third-order valence-corrected chi connectivity index (χ3v) is 2.82. The van der Waals surface area contributed by atoms with E-state index in [9.17, 15) is 0 Å². The fraction of sp³-hybridized carbons (Fsp3) is 0.250. The molecule has 0 unspecified atom stereocenters. The van der Waals surface area contributed by atoms with Crippen LogP contribution in [0, 0.1) is 0 Å². The Morgan fingerprint density at radius 2 is 0.950 bits per heavy atom. The average molecular weight is 272 g/mol. The smallest absolute Gasteiger partial charge is 0.0206 e. The molecule has 0 spiro atoms. The first kappa shape index (κ1) is 16.3. The van der Waals surface area contributed by atoms with Gasteiger partial charge in [0.05, 0.1) is 0 Å². The zero-order chi connectivity index (χ0) is 14.5. The summed E-state index contributed by atoms with van der Waals surface area (Å²) < 4.78 is 0. The molecule has 0 aliphatic rings. The van der Waals surface area contributed by atoms with Crippen LogP contribution in [0.1, 0.15) is 11.1 Å². The summed E-state index contributed by atoms with van der Waals surface area (Å²) in [5, 5.41) is 6.85. The molecular weight excluding hydrogens is 248 g/mol. The Hall–Kier alpha value is -1.72. The van der Waals surface area contributed by atoms with Crippen molar-refractivity contribution in [2.24, 2.45) is 11.7 Å². The maximum atomic E-state index is 4.00. The van der Waals surface area contributed by atoms with Crippen LogP contribution in [0.15, 0.2) is 60.7 Å². The largest absolute Gasteiger partial charge is 0.311 e. The molecule has 0 saturated heterocycles. The van der Waals surface area contributed by atoms with E-state index < -0.39 is 0 Å². The number of hydrogen-bond acceptors (Lipinski definition) is 4. The lowest BCUT2D eigenvalue weighted by Crippen LogP contribution is -2.26. The van der Waals surface area contributed by atoms with Crippen molar-refractivity contribution in [2.45, 2.75) is 13.1 Å². The Labute approximate surface area is 121 Å². The van der Waals surface area contributed by atoms with Gasteiger partial charge in [0.1, 0.15) is 0 Å². The molecule has 0 amide bonds. The van der Waals surface area contributed by atoms with Crippen molar-refractivity contribution < 1.29 is 0 Å². The number of nitrogens with one attached hydrogen (secondary N) is 2. The summed E-state index contributed by atoms with van der Waals surface area (Å²) in [5.74, 6) is 8.00. The van der Waals surface area contributed by atoms with Gasteiger partial charge in [-0.25, -0.2) is 0 Å². The molecule has 0 aromatic heterocycles. The van der Waals surface area contributed by atoms with Gasteiger partial charge in [-0.15, -0.1) is 0 Å². The van der Waals surface area contributed by atoms with Crippen LogP contribution in [0.5, 0.6) is 0 Å². The van der Waals surface area contributed by atoms with Crippen molar-refractivity contribution in [1.82, 2.24) is 10.6 Å². The van der Waals surface area contributed by atoms with Crippen LogP contribution < -0.4 is 22.3 Å². The molecule has 0 saturated carbocycles. The second kappa shape index (κ2) is 11.1. The minimum atomic E-state index is 0.938. The average Bonchev–Trinajstić information content (AvgIpc) is 2.55. The Morgan fingerprint density at radius 1 is 0.600 bits per heavy atom. The predicted octanol–water partition coefficient (Wildman–Crippen LogP) is 1.38. The number of nitrogens with two attached hydrogens (primary N) is 2. The van der Waals surface area contributed by atoms with Gasteiger partial charge in [0.15, 0.2) is 0 Å².